The normalized spacial score (nSPS) is 10.4. The Hall–Kier alpha value is -1.75. The highest BCUT2D eigenvalue weighted by Gasteiger charge is 2.15. The number of para-hydroxylation sites is 1. The topological polar surface area (TPSA) is 56.8 Å². The molecule has 0 aliphatic rings. The van der Waals surface area contributed by atoms with Crippen molar-refractivity contribution in [1.29, 1.82) is 0 Å². The second-order valence-corrected chi connectivity index (χ2v) is 4.57. The summed E-state index contributed by atoms with van der Waals surface area (Å²) < 4.78 is 15.8. The Morgan fingerprint density at radius 3 is 2.60 bits per heavy atom. The quantitative estimate of drug-likeness (QED) is 0.743. The molecule has 1 amide bonds. The van der Waals surface area contributed by atoms with Gasteiger partial charge in [-0.3, -0.25) is 4.79 Å². The Balaban J connectivity index is 2.55. The summed E-state index contributed by atoms with van der Waals surface area (Å²) in [4.78, 5) is 12.1. The minimum Gasteiger partial charge on any atom is -0.493 e. The highest BCUT2D eigenvalue weighted by molar-refractivity contribution is 5.97. The van der Waals surface area contributed by atoms with Crippen LogP contribution in [0, 0.1) is 0 Å². The Labute approximate surface area is 120 Å². The van der Waals surface area contributed by atoms with Crippen molar-refractivity contribution in [3.63, 3.8) is 0 Å². The minimum absolute atomic E-state index is 0.176. The van der Waals surface area contributed by atoms with Gasteiger partial charge in [0, 0.05) is 13.2 Å². The van der Waals surface area contributed by atoms with Crippen molar-refractivity contribution in [3.05, 3.63) is 23.8 Å². The van der Waals surface area contributed by atoms with Crippen LogP contribution in [0.15, 0.2) is 18.2 Å². The average molecular weight is 281 g/mol. The fraction of sp³-hybridized carbons (Fsp3) is 0.533. The van der Waals surface area contributed by atoms with E-state index in [0.717, 1.165) is 6.42 Å². The van der Waals surface area contributed by atoms with E-state index >= 15 is 0 Å². The maximum absolute atomic E-state index is 12.1. The van der Waals surface area contributed by atoms with Gasteiger partial charge >= 0.3 is 0 Å². The van der Waals surface area contributed by atoms with Crippen LogP contribution in [0.5, 0.6) is 11.5 Å². The second kappa shape index (κ2) is 8.43. The summed E-state index contributed by atoms with van der Waals surface area (Å²) in [6, 6.07) is 5.23. The van der Waals surface area contributed by atoms with Crippen LogP contribution in [-0.4, -0.2) is 39.4 Å². The molecule has 0 saturated carbocycles. The van der Waals surface area contributed by atoms with Gasteiger partial charge in [0.2, 0.25) is 0 Å². The predicted octanol–water partition coefficient (Wildman–Crippen LogP) is 2.25. The lowest BCUT2D eigenvalue weighted by atomic mass is 10.1. The summed E-state index contributed by atoms with van der Waals surface area (Å²) in [6.07, 6.45) is 0.986. The lowest BCUT2D eigenvalue weighted by Gasteiger charge is -2.12. The van der Waals surface area contributed by atoms with Crippen LogP contribution in [0.3, 0.4) is 0 Å². The third-order valence-corrected chi connectivity index (χ3v) is 2.71. The maximum atomic E-state index is 12.1. The van der Waals surface area contributed by atoms with Crippen LogP contribution in [0.1, 0.15) is 30.6 Å². The first-order chi connectivity index (χ1) is 9.60. The van der Waals surface area contributed by atoms with Gasteiger partial charge in [-0.15, -0.1) is 0 Å². The van der Waals surface area contributed by atoms with Crippen LogP contribution >= 0.6 is 0 Å². The van der Waals surface area contributed by atoms with Crippen LogP contribution in [-0.2, 0) is 4.74 Å². The molecule has 0 aliphatic heterocycles. The van der Waals surface area contributed by atoms with Crippen molar-refractivity contribution in [3.8, 4) is 11.5 Å². The third-order valence-electron chi connectivity index (χ3n) is 2.71. The largest absolute Gasteiger partial charge is 0.493 e. The van der Waals surface area contributed by atoms with E-state index in [1.54, 1.807) is 25.3 Å². The summed E-state index contributed by atoms with van der Waals surface area (Å²) in [5.41, 5.74) is 0.469. The van der Waals surface area contributed by atoms with E-state index < -0.39 is 0 Å². The van der Waals surface area contributed by atoms with E-state index in [0.29, 0.717) is 30.2 Å². The molecule has 0 atom stereocenters. The summed E-state index contributed by atoms with van der Waals surface area (Å²) >= 11 is 0. The van der Waals surface area contributed by atoms with E-state index in [4.69, 9.17) is 14.2 Å². The number of amides is 1. The molecule has 5 heteroatoms. The van der Waals surface area contributed by atoms with E-state index in [1.807, 2.05) is 13.8 Å². The Morgan fingerprint density at radius 1 is 1.25 bits per heavy atom. The van der Waals surface area contributed by atoms with Gasteiger partial charge in [0.05, 0.1) is 25.9 Å². The molecule has 1 N–H and O–H groups in total. The van der Waals surface area contributed by atoms with Crippen LogP contribution in [0.2, 0.25) is 0 Å². The minimum atomic E-state index is -0.176. The molecule has 1 aromatic rings. The number of nitrogens with one attached hydrogen (secondary N) is 1. The number of rotatable bonds is 8. The van der Waals surface area contributed by atoms with Gasteiger partial charge in [-0.1, -0.05) is 6.07 Å². The number of ether oxygens (including phenoxy) is 3. The molecule has 0 fully saturated rings. The standard InChI is InChI=1S/C15H23NO4/c1-11(2)20-10-6-9-16-15(17)12-7-5-8-13(18-3)14(12)19-4/h5,7-8,11H,6,9-10H2,1-4H3,(H,16,17). The van der Waals surface area contributed by atoms with Crippen LogP contribution < -0.4 is 14.8 Å². The smallest absolute Gasteiger partial charge is 0.255 e. The first-order valence-electron chi connectivity index (χ1n) is 6.71. The molecule has 20 heavy (non-hydrogen) atoms. The fourth-order valence-corrected chi connectivity index (χ4v) is 1.75. The molecular formula is C15H23NO4. The number of carbonyl (C=O) groups is 1. The summed E-state index contributed by atoms with van der Waals surface area (Å²) in [7, 11) is 3.06. The van der Waals surface area contributed by atoms with E-state index in [2.05, 4.69) is 5.32 Å². The summed E-state index contributed by atoms with van der Waals surface area (Å²) in [5.74, 6) is 0.819. The number of methoxy groups -OCH3 is 2. The number of carbonyl (C=O) groups excluding carboxylic acids is 1. The average Bonchev–Trinajstić information content (AvgIpc) is 2.45. The van der Waals surface area contributed by atoms with Crippen LogP contribution in [0.4, 0.5) is 0 Å². The highest BCUT2D eigenvalue weighted by Crippen LogP contribution is 2.30. The monoisotopic (exact) mass is 281 g/mol. The van der Waals surface area contributed by atoms with Crippen molar-refractivity contribution in [1.82, 2.24) is 5.32 Å². The molecule has 0 radical (unpaired) electrons. The van der Waals surface area contributed by atoms with Gasteiger partial charge in [0.1, 0.15) is 0 Å². The zero-order valence-corrected chi connectivity index (χ0v) is 12.6. The SMILES string of the molecule is COc1cccc(C(=O)NCCCOC(C)C)c1OC. The van der Waals surface area contributed by atoms with Gasteiger partial charge in [0.15, 0.2) is 11.5 Å². The van der Waals surface area contributed by atoms with Crippen LogP contribution in [0.25, 0.3) is 0 Å². The lowest BCUT2D eigenvalue weighted by molar-refractivity contribution is 0.0756. The molecule has 0 unspecified atom stereocenters. The Bertz CT molecular complexity index is 432. The first kappa shape index (κ1) is 16.3. The number of hydrogen-bond donors (Lipinski definition) is 1. The summed E-state index contributed by atoms with van der Waals surface area (Å²) in [6.45, 7) is 5.17. The van der Waals surface area contributed by atoms with Gasteiger partial charge < -0.3 is 19.5 Å². The number of benzene rings is 1. The van der Waals surface area contributed by atoms with Crippen molar-refractivity contribution in [2.75, 3.05) is 27.4 Å². The van der Waals surface area contributed by atoms with Gasteiger partial charge in [-0.2, -0.15) is 0 Å². The van der Waals surface area contributed by atoms with Gasteiger partial charge in [-0.25, -0.2) is 0 Å². The van der Waals surface area contributed by atoms with Crippen molar-refractivity contribution >= 4 is 5.91 Å². The van der Waals surface area contributed by atoms with Crippen molar-refractivity contribution in [2.24, 2.45) is 0 Å². The molecule has 0 aromatic heterocycles. The van der Waals surface area contributed by atoms with Crippen molar-refractivity contribution < 1.29 is 19.0 Å². The molecule has 112 valence electrons. The molecule has 0 heterocycles. The fourth-order valence-electron chi connectivity index (χ4n) is 1.75. The lowest BCUT2D eigenvalue weighted by Crippen LogP contribution is -2.26. The molecule has 0 bridgehead atoms. The van der Waals surface area contributed by atoms with E-state index in [1.165, 1.54) is 7.11 Å². The molecule has 0 saturated heterocycles. The third kappa shape index (κ3) is 4.74. The Kier molecular flexibility index (Phi) is 6.87. The molecule has 1 aromatic carbocycles. The number of hydrogen-bond acceptors (Lipinski definition) is 4. The van der Waals surface area contributed by atoms with E-state index in [-0.39, 0.29) is 12.0 Å². The van der Waals surface area contributed by atoms with Gasteiger partial charge in [0.25, 0.3) is 5.91 Å². The summed E-state index contributed by atoms with van der Waals surface area (Å²) in [5, 5.41) is 2.84. The first-order valence-corrected chi connectivity index (χ1v) is 6.71. The molecule has 5 nitrogen and oxygen atoms in total. The van der Waals surface area contributed by atoms with Gasteiger partial charge in [-0.05, 0) is 32.4 Å². The Morgan fingerprint density at radius 2 is 2.00 bits per heavy atom. The predicted molar refractivity (Wildman–Crippen MR) is 77.6 cm³/mol. The highest BCUT2D eigenvalue weighted by atomic mass is 16.5. The zero-order valence-electron chi connectivity index (χ0n) is 12.6. The molecule has 0 spiro atoms. The zero-order chi connectivity index (χ0) is 15.0. The molecule has 0 aliphatic carbocycles. The maximum Gasteiger partial charge on any atom is 0.255 e. The second-order valence-electron chi connectivity index (χ2n) is 4.57. The molecular weight excluding hydrogens is 258 g/mol. The van der Waals surface area contributed by atoms with Crippen molar-refractivity contribution in [2.45, 2.75) is 26.4 Å². The molecule has 1 rings (SSSR count). The van der Waals surface area contributed by atoms with E-state index in [9.17, 15) is 4.79 Å².